The van der Waals surface area contributed by atoms with Crippen LogP contribution in [0, 0.1) is 5.82 Å². The summed E-state index contributed by atoms with van der Waals surface area (Å²) >= 11 is 0. The molecule has 0 aliphatic carbocycles. The zero-order valence-corrected chi connectivity index (χ0v) is 12.4. The second kappa shape index (κ2) is 6.69. The molecule has 4 N–H and O–H groups in total. The molecule has 1 aliphatic heterocycles. The van der Waals surface area contributed by atoms with Gasteiger partial charge in [-0.3, -0.25) is 0 Å². The Morgan fingerprint density at radius 1 is 1.33 bits per heavy atom. The van der Waals surface area contributed by atoms with E-state index in [0.29, 0.717) is 5.96 Å². The first-order valence-corrected chi connectivity index (χ1v) is 6.97. The molecule has 0 aromatic heterocycles. The minimum atomic E-state index is -0.705. The number of anilines is 1. The molecular formula is C15H22FN5. The fraction of sp³-hybridized carbons (Fsp3) is 0.400. The Labute approximate surface area is 124 Å². The topological polar surface area (TPSA) is 65.7 Å². The van der Waals surface area contributed by atoms with Crippen LogP contribution in [-0.2, 0) is 0 Å². The molecule has 114 valence electrons. The average molecular weight is 291 g/mol. The van der Waals surface area contributed by atoms with Gasteiger partial charge in [-0.25, -0.2) is 9.38 Å². The van der Waals surface area contributed by atoms with E-state index >= 15 is 0 Å². The second-order valence-electron chi connectivity index (χ2n) is 5.47. The van der Waals surface area contributed by atoms with Crippen LogP contribution < -0.4 is 16.4 Å². The maximum atomic E-state index is 12.9. The van der Waals surface area contributed by atoms with Gasteiger partial charge in [-0.2, -0.15) is 0 Å². The van der Waals surface area contributed by atoms with Crippen LogP contribution in [0.25, 0.3) is 0 Å². The lowest BCUT2D eigenvalue weighted by Crippen LogP contribution is -2.44. The molecule has 0 saturated carbocycles. The van der Waals surface area contributed by atoms with E-state index in [1.807, 2.05) is 20.2 Å². The van der Waals surface area contributed by atoms with Gasteiger partial charge in [0.25, 0.3) is 0 Å². The molecule has 0 amide bonds. The van der Waals surface area contributed by atoms with Crippen LogP contribution in [0.3, 0.4) is 0 Å². The summed E-state index contributed by atoms with van der Waals surface area (Å²) in [6.07, 6.45) is 5.37. The molecule has 0 spiro atoms. The predicted molar refractivity (Wildman–Crippen MR) is 84.4 cm³/mol. The molecule has 0 fully saturated rings. The first-order chi connectivity index (χ1) is 9.97. The quantitative estimate of drug-likeness (QED) is 0.772. The molecule has 2 rings (SSSR count). The van der Waals surface area contributed by atoms with E-state index in [1.165, 1.54) is 12.1 Å². The first kappa shape index (κ1) is 15.5. The summed E-state index contributed by atoms with van der Waals surface area (Å²) in [6, 6.07) is 6.10. The summed E-state index contributed by atoms with van der Waals surface area (Å²) < 4.78 is 12.9. The van der Waals surface area contributed by atoms with Crippen LogP contribution in [0.2, 0.25) is 0 Å². The number of aliphatic imine (C=N–C) groups is 1. The van der Waals surface area contributed by atoms with E-state index in [2.05, 4.69) is 20.5 Å². The van der Waals surface area contributed by atoms with E-state index in [-0.39, 0.29) is 5.82 Å². The standard InChI is InChI=1S/C15H22FN5/c1-21(2)11-3-8-15(17)9-10-18-14(20-15)19-13-6-4-12(16)5-7-13/h4-7,9-10H,3,8,11,17H2,1-2H3,(H2,18,19,20). The Bertz CT molecular complexity index is 523. The number of hydrogen-bond donors (Lipinski definition) is 3. The Kier molecular flexibility index (Phi) is 4.93. The van der Waals surface area contributed by atoms with Crippen molar-refractivity contribution in [1.29, 1.82) is 0 Å². The monoisotopic (exact) mass is 291 g/mol. The maximum absolute atomic E-state index is 12.9. The zero-order valence-electron chi connectivity index (χ0n) is 12.4. The summed E-state index contributed by atoms with van der Waals surface area (Å²) in [5, 5.41) is 6.10. The van der Waals surface area contributed by atoms with Crippen molar-refractivity contribution in [3.8, 4) is 0 Å². The van der Waals surface area contributed by atoms with Gasteiger partial charge in [0.2, 0.25) is 5.96 Å². The molecular weight excluding hydrogens is 269 g/mol. The molecule has 6 heteroatoms. The van der Waals surface area contributed by atoms with Crippen LogP contribution >= 0.6 is 0 Å². The van der Waals surface area contributed by atoms with Crippen LogP contribution in [0.1, 0.15) is 12.8 Å². The number of nitrogens with one attached hydrogen (secondary N) is 2. The minimum absolute atomic E-state index is 0.268. The summed E-state index contributed by atoms with van der Waals surface area (Å²) in [7, 11) is 4.07. The average Bonchev–Trinajstić information content (AvgIpc) is 2.41. The lowest BCUT2D eigenvalue weighted by molar-refractivity contribution is 0.367. The van der Waals surface area contributed by atoms with Crippen LogP contribution in [0.15, 0.2) is 41.5 Å². The van der Waals surface area contributed by atoms with Crippen molar-refractivity contribution >= 4 is 11.6 Å². The molecule has 0 radical (unpaired) electrons. The van der Waals surface area contributed by atoms with Gasteiger partial charge < -0.3 is 21.3 Å². The highest BCUT2D eigenvalue weighted by molar-refractivity contribution is 5.95. The van der Waals surface area contributed by atoms with Gasteiger partial charge in [0.05, 0.1) is 0 Å². The minimum Gasteiger partial charge on any atom is -0.333 e. The van der Waals surface area contributed by atoms with Crippen molar-refractivity contribution in [2.45, 2.75) is 18.5 Å². The van der Waals surface area contributed by atoms with E-state index in [1.54, 1.807) is 18.3 Å². The van der Waals surface area contributed by atoms with Crippen molar-refractivity contribution in [3.05, 3.63) is 42.4 Å². The fourth-order valence-electron chi connectivity index (χ4n) is 2.09. The molecule has 5 nitrogen and oxygen atoms in total. The zero-order chi connectivity index (χ0) is 15.3. The predicted octanol–water partition coefficient (Wildman–Crippen LogP) is 1.71. The molecule has 1 unspecified atom stereocenters. The van der Waals surface area contributed by atoms with Gasteiger partial charge in [0, 0.05) is 11.9 Å². The van der Waals surface area contributed by atoms with Crippen molar-refractivity contribution in [2.24, 2.45) is 10.7 Å². The first-order valence-electron chi connectivity index (χ1n) is 6.97. The normalized spacial score (nSPS) is 21.1. The molecule has 0 bridgehead atoms. The highest BCUT2D eigenvalue weighted by Gasteiger charge is 2.23. The number of guanidine groups is 1. The summed E-state index contributed by atoms with van der Waals surface area (Å²) in [4.78, 5) is 6.62. The number of nitrogens with zero attached hydrogens (tertiary/aromatic N) is 2. The third-order valence-electron chi connectivity index (χ3n) is 3.20. The lowest BCUT2D eigenvalue weighted by Gasteiger charge is -2.27. The maximum Gasteiger partial charge on any atom is 0.202 e. The summed E-state index contributed by atoms with van der Waals surface area (Å²) in [5.74, 6) is 0.298. The Morgan fingerprint density at radius 3 is 2.71 bits per heavy atom. The van der Waals surface area contributed by atoms with E-state index in [9.17, 15) is 4.39 Å². The lowest BCUT2D eigenvalue weighted by atomic mass is 10.0. The van der Waals surface area contributed by atoms with E-state index < -0.39 is 5.66 Å². The van der Waals surface area contributed by atoms with Gasteiger partial charge in [0.15, 0.2) is 0 Å². The van der Waals surface area contributed by atoms with Gasteiger partial charge in [-0.05, 0) is 63.8 Å². The Balaban J connectivity index is 1.98. The summed E-state index contributed by atoms with van der Waals surface area (Å²) in [5.41, 5.74) is 6.33. The highest BCUT2D eigenvalue weighted by Crippen LogP contribution is 2.17. The molecule has 1 atom stereocenters. The number of nitrogens with two attached hydrogens (primary N) is 1. The number of hydrogen-bond acceptors (Lipinski definition) is 5. The Morgan fingerprint density at radius 2 is 2.05 bits per heavy atom. The van der Waals surface area contributed by atoms with Gasteiger partial charge in [-0.1, -0.05) is 0 Å². The molecule has 1 aromatic rings. The molecule has 1 heterocycles. The number of halogens is 1. The fourth-order valence-corrected chi connectivity index (χ4v) is 2.09. The van der Waals surface area contributed by atoms with Crippen LogP contribution in [0.5, 0.6) is 0 Å². The largest absolute Gasteiger partial charge is 0.333 e. The van der Waals surface area contributed by atoms with E-state index in [0.717, 1.165) is 25.1 Å². The van der Waals surface area contributed by atoms with Gasteiger partial charge in [-0.15, -0.1) is 0 Å². The number of benzene rings is 1. The van der Waals surface area contributed by atoms with Crippen molar-refractivity contribution in [2.75, 3.05) is 26.0 Å². The van der Waals surface area contributed by atoms with Gasteiger partial charge in [0.1, 0.15) is 11.5 Å². The van der Waals surface area contributed by atoms with Crippen molar-refractivity contribution < 1.29 is 4.39 Å². The molecule has 21 heavy (non-hydrogen) atoms. The number of rotatable bonds is 5. The Hall–Kier alpha value is -1.92. The highest BCUT2D eigenvalue weighted by atomic mass is 19.1. The van der Waals surface area contributed by atoms with Crippen molar-refractivity contribution in [1.82, 2.24) is 10.2 Å². The third kappa shape index (κ3) is 4.84. The second-order valence-corrected chi connectivity index (χ2v) is 5.47. The molecule has 1 aliphatic rings. The summed E-state index contributed by atoms with van der Waals surface area (Å²) in [6.45, 7) is 0.969. The smallest absolute Gasteiger partial charge is 0.202 e. The van der Waals surface area contributed by atoms with Gasteiger partial charge >= 0.3 is 0 Å². The van der Waals surface area contributed by atoms with E-state index in [4.69, 9.17) is 5.73 Å². The SMILES string of the molecule is CN(C)CCCC1(N)C=CNC(Nc2ccc(F)cc2)=N1. The van der Waals surface area contributed by atoms with Crippen LogP contribution in [-0.4, -0.2) is 37.2 Å². The van der Waals surface area contributed by atoms with Crippen molar-refractivity contribution in [3.63, 3.8) is 0 Å². The van der Waals surface area contributed by atoms with Crippen LogP contribution in [0.4, 0.5) is 10.1 Å². The molecule has 1 aromatic carbocycles. The molecule has 0 saturated heterocycles. The third-order valence-corrected chi connectivity index (χ3v) is 3.20.